The average molecular weight is 282 g/mol. The molecule has 7 heteroatoms. The van der Waals surface area contributed by atoms with E-state index in [4.69, 9.17) is 9.31 Å². The molecule has 0 saturated carbocycles. The van der Waals surface area contributed by atoms with Crippen molar-refractivity contribution >= 4 is 12.7 Å². The number of aromatic hydroxyl groups is 1. The van der Waals surface area contributed by atoms with E-state index in [1.54, 1.807) is 14.0 Å². The fourth-order valence-corrected chi connectivity index (χ4v) is 1.98. The molecule has 1 aromatic rings. The van der Waals surface area contributed by atoms with Crippen LogP contribution in [0.1, 0.15) is 40.3 Å². The maximum Gasteiger partial charge on any atom is 0.525 e. The summed E-state index contributed by atoms with van der Waals surface area (Å²) < 4.78 is 27.2. The van der Waals surface area contributed by atoms with Gasteiger partial charge < -0.3 is 14.4 Å². The van der Waals surface area contributed by atoms with Gasteiger partial charge in [0.1, 0.15) is 11.4 Å². The second-order valence-electron chi connectivity index (χ2n) is 6.10. The maximum absolute atomic E-state index is 14.5. The Kier molecular flexibility index (Phi) is 3.46. The molecule has 1 saturated heterocycles. The van der Waals surface area contributed by atoms with Crippen LogP contribution in [0.2, 0.25) is 0 Å². The summed E-state index contributed by atoms with van der Waals surface area (Å²) in [5.74, 6) is -0.0725. The molecule has 0 radical (unpaired) electrons. The van der Waals surface area contributed by atoms with E-state index < -0.39 is 24.0 Å². The van der Waals surface area contributed by atoms with Crippen molar-refractivity contribution in [3.63, 3.8) is 0 Å². The van der Waals surface area contributed by atoms with E-state index in [0.29, 0.717) is 0 Å². The van der Waals surface area contributed by atoms with Crippen molar-refractivity contribution in [2.45, 2.75) is 45.8 Å². The number of rotatable bonds is 2. The number of nitrogens with zero attached hydrogens (tertiary/aromatic N) is 2. The zero-order valence-corrected chi connectivity index (χ0v) is 12.7. The number of hydrogen-bond acceptors (Lipinski definition) is 4. The second kappa shape index (κ2) is 4.60. The molecule has 0 unspecified atom stereocenters. The minimum atomic E-state index is -1.08. The lowest BCUT2D eigenvalue weighted by atomic mass is 9.84. The lowest BCUT2D eigenvalue weighted by Crippen LogP contribution is -2.41. The van der Waals surface area contributed by atoms with Crippen molar-refractivity contribution in [1.82, 2.24) is 9.78 Å². The van der Waals surface area contributed by atoms with Crippen LogP contribution in [-0.4, -0.2) is 33.2 Å². The highest BCUT2D eigenvalue weighted by Crippen LogP contribution is 2.40. The summed E-state index contributed by atoms with van der Waals surface area (Å²) in [5, 5.41) is 13.8. The molecular weight excluding hydrogens is 262 g/mol. The van der Waals surface area contributed by atoms with Gasteiger partial charge in [-0.1, -0.05) is 0 Å². The topological polar surface area (TPSA) is 56.5 Å². The maximum atomic E-state index is 14.5. The molecule has 1 aromatic heterocycles. The summed E-state index contributed by atoms with van der Waals surface area (Å²) in [6.07, 6.45) is 1.41. The van der Waals surface area contributed by atoms with Crippen LogP contribution in [0.4, 0.5) is 4.39 Å². The Hall–Kier alpha value is -1.34. The minimum absolute atomic E-state index is 0.0725. The van der Waals surface area contributed by atoms with Gasteiger partial charge in [0.2, 0.25) is 0 Å². The van der Waals surface area contributed by atoms with Crippen molar-refractivity contribution < 1.29 is 18.8 Å². The van der Waals surface area contributed by atoms with Crippen LogP contribution in [0, 0.1) is 0 Å². The molecule has 0 spiro atoms. The first-order valence-corrected chi connectivity index (χ1v) is 6.50. The lowest BCUT2D eigenvalue weighted by Gasteiger charge is -2.32. The van der Waals surface area contributed by atoms with Crippen molar-refractivity contribution in [2.24, 2.45) is 7.05 Å². The van der Waals surface area contributed by atoms with Gasteiger partial charge in [-0.2, -0.15) is 5.10 Å². The highest BCUT2D eigenvalue weighted by molar-refractivity contribution is 6.55. The first-order valence-electron chi connectivity index (χ1n) is 6.50. The van der Waals surface area contributed by atoms with E-state index in [9.17, 15) is 9.50 Å². The first-order chi connectivity index (χ1) is 9.05. The summed E-state index contributed by atoms with van der Waals surface area (Å²) in [7, 11) is 0.574. The third-order valence-corrected chi connectivity index (χ3v) is 3.98. The van der Waals surface area contributed by atoms with Crippen molar-refractivity contribution in [1.29, 1.82) is 0 Å². The predicted octanol–water partition coefficient (Wildman–Crippen LogP) is 2.46. The number of halogens is 1. The molecule has 0 aromatic carbocycles. The Morgan fingerprint density at radius 3 is 2.20 bits per heavy atom. The fourth-order valence-electron chi connectivity index (χ4n) is 1.98. The Labute approximate surface area is 118 Å². The Balaban J connectivity index is 2.34. The van der Waals surface area contributed by atoms with Gasteiger partial charge in [-0.15, -0.1) is 0 Å². The molecule has 2 heterocycles. The van der Waals surface area contributed by atoms with Gasteiger partial charge in [-0.3, -0.25) is 4.68 Å². The molecule has 1 aliphatic heterocycles. The molecule has 110 valence electrons. The zero-order valence-electron chi connectivity index (χ0n) is 12.7. The first kappa shape index (κ1) is 15.1. The van der Waals surface area contributed by atoms with Crippen LogP contribution in [0.25, 0.3) is 5.57 Å². The smallest absolute Gasteiger partial charge is 0.504 e. The highest BCUT2D eigenvalue weighted by Gasteiger charge is 2.53. The Bertz CT molecular complexity index is 550. The van der Waals surface area contributed by atoms with E-state index in [0.717, 1.165) is 0 Å². The molecule has 0 bridgehead atoms. The molecule has 1 aliphatic rings. The monoisotopic (exact) mass is 282 g/mol. The van der Waals surface area contributed by atoms with Gasteiger partial charge in [0.15, 0.2) is 5.75 Å². The van der Waals surface area contributed by atoms with E-state index >= 15 is 0 Å². The third-order valence-electron chi connectivity index (χ3n) is 3.98. The molecule has 20 heavy (non-hydrogen) atoms. The van der Waals surface area contributed by atoms with Gasteiger partial charge in [-0.05, 0) is 34.6 Å². The summed E-state index contributed by atoms with van der Waals surface area (Å²) in [6, 6.07) is 0. The second-order valence-corrected chi connectivity index (χ2v) is 6.10. The van der Waals surface area contributed by atoms with E-state index in [1.807, 2.05) is 27.7 Å². The standard InChI is InChI=1S/C13H20BFN2O3/c1-8(10-9(18)7-17(6)16-10)11(15)14-19-12(2,3)13(4,5)20-14/h7,18H,1-6H3. The molecule has 2 rings (SSSR count). The Morgan fingerprint density at radius 1 is 1.30 bits per heavy atom. The van der Waals surface area contributed by atoms with Crippen molar-refractivity contribution in [2.75, 3.05) is 0 Å². The SMILES string of the molecule is CC(=C(F)B1OC(C)(C)C(C)(C)O1)c1nn(C)cc1O. The number of allylic oxidation sites excluding steroid dienone is 1. The van der Waals surface area contributed by atoms with Crippen LogP contribution in [0.15, 0.2) is 11.9 Å². The predicted molar refractivity (Wildman–Crippen MR) is 74.7 cm³/mol. The highest BCUT2D eigenvalue weighted by atomic mass is 19.1. The van der Waals surface area contributed by atoms with Gasteiger partial charge in [0.05, 0.1) is 17.4 Å². The van der Waals surface area contributed by atoms with Crippen molar-refractivity contribution in [3.05, 3.63) is 17.6 Å². The molecule has 0 aliphatic carbocycles. The van der Waals surface area contributed by atoms with E-state index in [-0.39, 0.29) is 17.0 Å². The molecule has 5 nitrogen and oxygen atoms in total. The summed E-state index contributed by atoms with van der Waals surface area (Å²) >= 11 is 0. The van der Waals surface area contributed by atoms with Gasteiger partial charge >= 0.3 is 7.12 Å². The fraction of sp³-hybridized carbons (Fsp3) is 0.615. The van der Waals surface area contributed by atoms with Crippen LogP contribution >= 0.6 is 0 Å². The normalized spacial score (nSPS) is 22.1. The van der Waals surface area contributed by atoms with Crippen LogP contribution < -0.4 is 0 Å². The lowest BCUT2D eigenvalue weighted by molar-refractivity contribution is 0.00578. The third kappa shape index (κ3) is 2.36. The van der Waals surface area contributed by atoms with Gasteiger partial charge in [-0.25, -0.2) is 4.39 Å². The molecular formula is C13H20BFN2O3. The van der Waals surface area contributed by atoms with Gasteiger partial charge in [0, 0.05) is 12.6 Å². The number of aryl methyl sites for hydroxylation is 1. The zero-order chi connectivity index (χ0) is 15.3. The van der Waals surface area contributed by atoms with Crippen molar-refractivity contribution in [3.8, 4) is 5.75 Å². The number of hydrogen-bond donors (Lipinski definition) is 1. The quantitative estimate of drug-likeness (QED) is 0.846. The number of aromatic nitrogens is 2. The van der Waals surface area contributed by atoms with E-state index in [1.165, 1.54) is 10.9 Å². The molecule has 1 N–H and O–H groups in total. The largest absolute Gasteiger partial charge is 0.525 e. The summed E-state index contributed by atoms with van der Waals surface area (Å²) in [5.41, 5.74) is -1.39. The summed E-state index contributed by atoms with van der Waals surface area (Å²) in [6.45, 7) is 8.96. The molecule has 0 atom stereocenters. The Morgan fingerprint density at radius 2 is 1.80 bits per heavy atom. The summed E-state index contributed by atoms with van der Waals surface area (Å²) in [4.78, 5) is 0. The van der Waals surface area contributed by atoms with Crippen LogP contribution in [-0.2, 0) is 16.4 Å². The molecule has 0 amide bonds. The van der Waals surface area contributed by atoms with E-state index in [2.05, 4.69) is 5.10 Å². The van der Waals surface area contributed by atoms with Gasteiger partial charge in [0.25, 0.3) is 0 Å². The van der Waals surface area contributed by atoms with Crippen LogP contribution in [0.3, 0.4) is 0 Å². The minimum Gasteiger partial charge on any atom is -0.504 e. The molecule has 1 fully saturated rings. The van der Waals surface area contributed by atoms with Crippen LogP contribution in [0.5, 0.6) is 5.75 Å². The average Bonchev–Trinajstić information content (AvgIpc) is 2.74.